The minimum atomic E-state index is -2.80. The van der Waals surface area contributed by atoms with Crippen LogP contribution in [0.5, 0.6) is 0 Å². The molecule has 0 radical (unpaired) electrons. The number of hydrogen-bond acceptors (Lipinski definition) is 3. The molecule has 108 valence electrons. The van der Waals surface area contributed by atoms with Crippen molar-refractivity contribution in [2.24, 2.45) is 5.92 Å². The number of hydrogen-bond donors (Lipinski definition) is 1. The lowest BCUT2D eigenvalue weighted by Gasteiger charge is -2.32. The molecule has 1 aliphatic rings. The van der Waals surface area contributed by atoms with Gasteiger partial charge in [0.2, 0.25) is 0 Å². The van der Waals surface area contributed by atoms with Crippen molar-refractivity contribution in [2.75, 3.05) is 18.1 Å². The number of sulfone groups is 1. The van der Waals surface area contributed by atoms with E-state index < -0.39 is 9.84 Å². The number of rotatable bonds is 8. The fraction of sp³-hybridized carbons (Fsp3) is 1.00. The zero-order valence-corrected chi connectivity index (χ0v) is 12.8. The molecule has 0 aromatic rings. The Morgan fingerprint density at radius 2 is 1.78 bits per heavy atom. The predicted molar refractivity (Wildman–Crippen MR) is 77.6 cm³/mol. The molecule has 0 aliphatic heterocycles. The second-order valence-corrected chi connectivity index (χ2v) is 7.85. The Morgan fingerprint density at radius 1 is 1.06 bits per heavy atom. The van der Waals surface area contributed by atoms with Crippen LogP contribution in [0.3, 0.4) is 0 Å². The Kier molecular flexibility index (Phi) is 7.23. The molecule has 1 fully saturated rings. The third-order valence-electron chi connectivity index (χ3n) is 3.88. The maximum absolute atomic E-state index is 11.8. The van der Waals surface area contributed by atoms with E-state index >= 15 is 0 Å². The Hall–Kier alpha value is -0.0900. The van der Waals surface area contributed by atoms with Gasteiger partial charge in [-0.15, -0.1) is 0 Å². The van der Waals surface area contributed by atoms with Gasteiger partial charge >= 0.3 is 0 Å². The van der Waals surface area contributed by atoms with Crippen molar-refractivity contribution < 1.29 is 8.42 Å². The Labute approximate surface area is 113 Å². The Balaban J connectivity index is 2.42. The predicted octanol–water partition coefficient (Wildman–Crippen LogP) is 2.76. The van der Waals surface area contributed by atoms with Gasteiger partial charge in [0.05, 0.1) is 5.75 Å². The van der Waals surface area contributed by atoms with Crippen molar-refractivity contribution in [3.05, 3.63) is 0 Å². The summed E-state index contributed by atoms with van der Waals surface area (Å²) in [6, 6.07) is 0.551. The summed E-state index contributed by atoms with van der Waals surface area (Å²) in [5.74, 6) is 1.31. The molecule has 0 spiro atoms. The summed E-state index contributed by atoms with van der Waals surface area (Å²) >= 11 is 0. The molecule has 1 aliphatic carbocycles. The van der Waals surface area contributed by atoms with Crippen molar-refractivity contribution in [3.8, 4) is 0 Å². The summed E-state index contributed by atoms with van der Waals surface area (Å²) in [5.41, 5.74) is 0. The van der Waals surface area contributed by atoms with Gasteiger partial charge in [0.25, 0.3) is 0 Å². The summed E-state index contributed by atoms with van der Waals surface area (Å²) < 4.78 is 23.5. The lowest BCUT2D eigenvalue weighted by molar-refractivity contribution is 0.257. The quantitative estimate of drug-likeness (QED) is 0.741. The molecule has 0 saturated heterocycles. The zero-order chi connectivity index (χ0) is 13.4. The molecule has 0 aromatic carbocycles. The molecule has 3 nitrogen and oxygen atoms in total. The average Bonchev–Trinajstić information content (AvgIpc) is 2.35. The summed E-state index contributed by atoms with van der Waals surface area (Å²) in [7, 11) is -2.80. The molecule has 1 N–H and O–H groups in total. The topological polar surface area (TPSA) is 46.2 Å². The zero-order valence-electron chi connectivity index (χ0n) is 12.0. The second-order valence-electron chi connectivity index (χ2n) is 5.55. The van der Waals surface area contributed by atoms with Crippen LogP contribution in [-0.2, 0) is 9.84 Å². The van der Waals surface area contributed by atoms with Crippen molar-refractivity contribution in [1.29, 1.82) is 0 Å². The van der Waals surface area contributed by atoms with Gasteiger partial charge in [-0.05, 0) is 44.6 Å². The van der Waals surface area contributed by atoms with Crippen LogP contribution in [0.4, 0.5) is 0 Å². The first-order chi connectivity index (χ1) is 8.59. The minimum absolute atomic E-state index is 0.354. The lowest BCUT2D eigenvalue weighted by atomic mass is 9.83. The maximum atomic E-state index is 11.8. The lowest BCUT2D eigenvalue weighted by Crippen LogP contribution is -2.39. The summed E-state index contributed by atoms with van der Waals surface area (Å²) in [6.07, 6.45) is 7.72. The van der Waals surface area contributed by atoms with E-state index in [0.717, 1.165) is 25.8 Å². The second kappa shape index (κ2) is 8.16. The van der Waals surface area contributed by atoms with Crippen molar-refractivity contribution in [1.82, 2.24) is 5.32 Å². The van der Waals surface area contributed by atoms with E-state index in [2.05, 4.69) is 12.2 Å². The van der Waals surface area contributed by atoms with Gasteiger partial charge in [0, 0.05) is 11.8 Å². The standard InChI is InChI=1S/C14H29NO2S/c1-3-10-15-14-8-6-5-7-13(14)9-12-18(16,17)11-4-2/h13-15H,3-12H2,1-2H3. The summed E-state index contributed by atoms with van der Waals surface area (Å²) in [6.45, 7) is 5.17. The molecule has 4 heteroatoms. The van der Waals surface area contributed by atoms with E-state index in [0.29, 0.717) is 23.5 Å². The van der Waals surface area contributed by atoms with E-state index in [1.54, 1.807) is 0 Å². The fourth-order valence-corrected chi connectivity index (χ4v) is 4.38. The van der Waals surface area contributed by atoms with Crippen LogP contribution in [0.15, 0.2) is 0 Å². The summed E-state index contributed by atoms with van der Waals surface area (Å²) in [5, 5.41) is 3.59. The van der Waals surface area contributed by atoms with Gasteiger partial charge in [-0.2, -0.15) is 0 Å². The highest BCUT2D eigenvalue weighted by Crippen LogP contribution is 2.27. The van der Waals surface area contributed by atoms with E-state index in [-0.39, 0.29) is 0 Å². The molecular weight excluding hydrogens is 246 g/mol. The fourth-order valence-electron chi connectivity index (χ4n) is 2.90. The molecule has 2 atom stereocenters. The van der Waals surface area contributed by atoms with E-state index in [1.807, 2.05) is 6.92 Å². The highest BCUT2D eigenvalue weighted by atomic mass is 32.2. The Morgan fingerprint density at radius 3 is 2.44 bits per heavy atom. The first-order valence-corrected chi connectivity index (χ1v) is 9.35. The first-order valence-electron chi connectivity index (χ1n) is 7.53. The molecule has 0 aromatic heterocycles. The van der Waals surface area contributed by atoms with Gasteiger partial charge in [0.1, 0.15) is 9.84 Å². The van der Waals surface area contributed by atoms with Crippen LogP contribution < -0.4 is 5.32 Å². The van der Waals surface area contributed by atoms with Gasteiger partial charge in [-0.25, -0.2) is 8.42 Å². The number of nitrogens with one attached hydrogen (secondary N) is 1. The van der Waals surface area contributed by atoms with E-state index in [9.17, 15) is 8.42 Å². The molecule has 18 heavy (non-hydrogen) atoms. The largest absolute Gasteiger partial charge is 0.314 e. The van der Waals surface area contributed by atoms with Crippen LogP contribution >= 0.6 is 0 Å². The van der Waals surface area contributed by atoms with Gasteiger partial charge in [-0.1, -0.05) is 26.7 Å². The highest BCUT2D eigenvalue weighted by molar-refractivity contribution is 7.91. The van der Waals surface area contributed by atoms with Gasteiger partial charge in [0.15, 0.2) is 0 Å². The third-order valence-corrected chi connectivity index (χ3v) is 5.77. The van der Waals surface area contributed by atoms with Crippen LogP contribution in [0.1, 0.15) is 58.8 Å². The van der Waals surface area contributed by atoms with Gasteiger partial charge in [-0.3, -0.25) is 0 Å². The Bertz CT molecular complexity index is 314. The molecule has 1 rings (SSSR count). The van der Waals surface area contributed by atoms with E-state index in [1.165, 1.54) is 25.7 Å². The molecule has 1 saturated carbocycles. The molecule has 2 unspecified atom stereocenters. The molecule has 0 heterocycles. The van der Waals surface area contributed by atoms with Crippen LogP contribution in [0, 0.1) is 5.92 Å². The van der Waals surface area contributed by atoms with Crippen LogP contribution in [-0.4, -0.2) is 32.5 Å². The van der Waals surface area contributed by atoms with Crippen molar-refractivity contribution >= 4 is 9.84 Å². The maximum Gasteiger partial charge on any atom is 0.150 e. The van der Waals surface area contributed by atoms with Crippen molar-refractivity contribution in [2.45, 2.75) is 64.8 Å². The average molecular weight is 275 g/mol. The normalized spacial score (nSPS) is 25.2. The summed E-state index contributed by atoms with van der Waals surface area (Å²) in [4.78, 5) is 0. The highest BCUT2D eigenvalue weighted by Gasteiger charge is 2.25. The van der Waals surface area contributed by atoms with E-state index in [4.69, 9.17) is 0 Å². The van der Waals surface area contributed by atoms with Crippen molar-refractivity contribution in [3.63, 3.8) is 0 Å². The van der Waals surface area contributed by atoms with Crippen LogP contribution in [0.25, 0.3) is 0 Å². The first kappa shape index (κ1) is 16.0. The van der Waals surface area contributed by atoms with Crippen LogP contribution in [0.2, 0.25) is 0 Å². The van der Waals surface area contributed by atoms with Gasteiger partial charge < -0.3 is 5.32 Å². The molecule has 0 bridgehead atoms. The molecular formula is C14H29NO2S. The minimum Gasteiger partial charge on any atom is -0.314 e. The smallest absolute Gasteiger partial charge is 0.150 e. The SMILES string of the molecule is CCCNC1CCCCC1CCS(=O)(=O)CCC. The third kappa shape index (κ3) is 5.70. The monoisotopic (exact) mass is 275 g/mol. The molecule has 0 amide bonds.